The summed E-state index contributed by atoms with van der Waals surface area (Å²) in [5, 5.41) is 11.9. The van der Waals surface area contributed by atoms with Gasteiger partial charge in [-0.15, -0.1) is 0 Å². The minimum Gasteiger partial charge on any atom is -0.480 e. The average molecular weight is 235 g/mol. The minimum atomic E-state index is -1.14. The molecule has 0 aliphatic carbocycles. The Bertz CT molecular complexity index is 485. The van der Waals surface area contributed by atoms with Crippen LogP contribution in [0.5, 0.6) is 0 Å². The largest absolute Gasteiger partial charge is 0.480 e. The molecule has 1 aromatic heterocycles. The Labute approximate surface area is 98.3 Å². The third-order valence-electron chi connectivity index (χ3n) is 2.86. The van der Waals surface area contributed by atoms with E-state index in [4.69, 9.17) is 0 Å². The number of carbonyl (C=O) groups is 2. The second kappa shape index (κ2) is 3.73. The Kier molecular flexibility index (Phi) is 2.49. The number of carboxylic acids is 1. The van der Waals surface area contributed by atoms with Gasteiger partial charge in [-0.3, -0.25) is 9.78 Å². The molecule has 2 rings (SSSR count). The Morgan fingerprint density at radius 2 is 2.29 bits per heavy atom. The van der Waals surface area contributed by atoms with Gasteiger partial charge in [0.1, 0.15) is 5.54 Å². The topological polar surface area (TPSA) is 82.5 Å². The molecule has 1 amide bonds. The molecule has 0 bridgehead atoms. The van der Waals surface area contributed by atoms with E-state index in [-0.39, 0.29) is 12.5 Å². The molecule has 2 N–H and O–H groups in total. The maximum atomic E-state index is 11.5. The molecule has 90 valence electrons. The smallest absolute Gasteiger partial charge is 0.328 e. The molecule has 0 fully saturated rings. The zero-order valence-corrected chi connectivity index (χ0v) is 9.60. The van der Waals surface area contributed by atoms with Crippen molar-refractivity contribution in [2.24, 2.45) is 0 Å². The Hall–Kier alpha value is -2.11. The van der Waals surface area contributed by atoms with Gasteiger partial charge in [0.2, 0.25) is 5.91 Å². The van der Waals surface area contributed by atoms with E-state index in [2.05, 4.69) is 10.3 Å². The summed E-state index contributed by atoms with van der Waals surface area (Å²) in [6.45, 7) is 3.16. The first-order valence-corrected chi connectivity index (χ1v) is 5.18. The van der Waals surface area contributed by atoms with E-state index in [0.717, 1.165) is 0 Å². The summed E-state index contributed by atoms with van der Waals surface area (Å²) >= 11 is 0. The van der Waals surface area contributed by atoms with Crippen LogP contribution in [0.15, 0.2) is 18.5 Å². The van der Waals surface area contributed by atoms with Crippen molar-refractivity contribution in [2.45, 2.75) is 19.4 Å². The number of hydrogen-bond acceptors (Lipinski definition) is 4. The molecule has 6 nitrogen and oxygen atoms in total. The summed E-state index contributed by atoms with van der Waals surface area (Å²) < 4.78 is 0. The first kappa shape index (κ1) is 11.4. The van der Waals surface area contributed by atoms with Crippen molar-refractivity contribution in [3.63, 3.8) is 0 Å². The van der Waals surface area contributed by atoms with Crippen LogP contribution < -0.4 is 10.2 Å². The fourth-order valence-corrected chi connectivity index (χ4v) is 1.75. The molecule has 1 aliphatic heterocycles. The van der Waals surface area contributed by atoms with Gasteiger partial charge in [-0.2, -0.15) is 0 Å². The van der Waals surface area contributed by atoms with Gasteiger partial charge in [0.25, 0.3) is 0 Å². The zero-order valence-electron chi connectivity index (χ0n) is 9.60. The molecule has 17 heavy (non-hydrogen) atoms. The van der Waals surface area contributed by atoms with Crippen molar-refractivity contribution in [3.8, 4) is 0 Å². The summed E-state index contributed by atoms with van der Waals surface area (Å²) in [6, 6.07) is 1.69. The number of carbonyl (C=O) groups excluding carboxylic acids is 1. The van der Waals surface area contributed by atoms with E-state index in [0.29, 0.717) is 11.4 Å². The summed E-state index contributed by atoms with van der Waals surface area (Å²) in [4.78, 5) is 28.2. The van der Waals surface area contributed by atoms with Crippen LogP contribution in [0.1, 0.15) is 13.8 Å². The van der Waals surface area contributed by atoms with Crippen LogP contribution in [-0.4, -0.2) is 34.1 Å². The highest BCUT2D eigenvalue weighted by Crippen LogP contribution is 2.33. The number of aliphatic carboxylic acids is 1. The number of pyridine rings is 1. The van der Waals surface area contributed by atoms with Crippen molar-refractivity contribution >= 4 is 23.3 Å². The molecule has 0 unspecified atom stereocenters. The van der Waals surface area contributed by atoms with Gasteiger partial charge in [-0.05, 0) is 19.9 Å². The van der Waals surface area contributed by atoms with E-state index in [1.54, 1.807) is 31.0 Å². The molecule has 1 aromatic rings. The third kappa shape index (κ3) is 1.82. The lowest BCUT2D eigenvalue weighted by Gasteiger charge is -2.39. The van der Waals surface area contributed by atoms with E-state index >= 15 is 0 Å². The van der Waals surface area contributed by atoms with Gasteiger partial charge >= 0.3 is 5.97 Å². The van der Waals surface area contributed by atoms with Crippen LogP contribution in [-0.2, 0) is 9.59 Å². The molecule has 1 aliphatic rings. The second-order valence-electron chi connectivity index (χ2n) is 4.39. The quantitative estimate of drug-likeness (QED) is 0.788. The summed E-state index contributed by atoms with van der Waals surface area (Å²) in [6.07, 6.45) is 3.08. The van der Waals surface area contributed by atoms with Crippen LogP contribution in [0, 0.1) is 0 Å². The molecule has 0 saturated heterocycles. The summed E-state index contributed by atoms with van der Waals surface area (Å²) in [5.41, 5.74) is 0.0681. The van der Waals surface area contributed by atoms with Crippen LogP contribution >= 0.6 is 0 Å². The van der Waals surface area contributed by atoms with Gasteiger partial charge in [0.15, 0.2) is 0 Å². The van der Waals surface area contributed by atoms with Gasteiger partial charge in [-0.1, -0.05) is 0 Å². The molecule has 2 heterocycles. The van der Waals surface area contributed by atoms with Crippen LogP contribution in [0.4, 0.5) is 11.4 Å². The molecular formula is C11H13N3O3. The predicted octanol–water partition coefficient (Wildman–Crippen LogP) is 0.703. The van der Waals surface area contributed by atoms with E-state index in [1.807, 2.05) is 0 Å². The lowest BCUT2D eigenvalue weighted by Crippen LogP contribution is -2.55. The van der Waals surface area contributed by atoms with Crippen LogP contribution in [0.2, 0.25) is 0 Å². The third-order valence-corrected chi connectivity index (χ3v) is 2.86. The monoisotopic (exact) mass is 235 g/mol. The number of amides is 1. The van der Waals surface area contributed by atoms with Crippen LogP contribution in [0.3, 0.4) is 0 Å². The second-order valence-corrected chi connectivity index (χ2v) is 4.39. The number of rotatable bonds is 2. The molecule has 0 radical (unpaired) electrons. The molecule has 0 atom stereocenters. The normalized spacial score (nSPS) is 15.2. The minimum absolute atomic E-state index is 0.0241. The highest BCUT2D eigenvalue weighted by Gasteiger charge is 2.39. The fourth-order valence-electron chi connectivity index (χ4n) is 1.75. The average Bonchev–Trinajstić information content (AvgIpc) is 2.27. The number of nitrogens with one attached hydrogen (secondary N) is 1. The van der Waals surface area contributed by atoms with Gasteiger partial charge in [0, 0.05) is 6.20 Å². The van der Waals surface area contributed by atoms with Crippen LogP contribution in [0.25, 0.3) is 0 Å². The lowest BCUT2D eigenvalue weighted by atomic mass is 10.0. The zero-order chi connectivity index (χ0) is 12.6. The molecule has 6 heteroatoms. The standard InChI is InChI=1S/C11H13N3O3/c1-11(2,10(16)17)14-6-9(15)13-7-5-12-4-3-8(7)14/h3-5H,6H2,1-2H3,(H,13,15)(H,16,17). The summed E-state index contributed by atoms with van der Waals surface area (Å²) in [7, 11) is 0. The molecule has 0 aromatic carbocycles. The first-order valence-electron chi connectivity index (χ1n) is 5.18. The SMILES string of the molecule is CC(C)(C(=O)O)N1CC(=O)Nc2cnccc21. The number of aromatic nitrogens is 1. The van der Waals surface area contributed by atoms with E-state index in [9.17, 15) is 14.7 Å². The van der Waals surface area contributed by atoms with Gasteiger partial charge < -0.3 is 15.3 Å². The number of nitrogens with zero attached hydrogens (tertiary/aromatic N) is 2. The predicted molar refractivity (Wildman–Crippen MR) is 61.9 cm³/mol. The van der Waals surface area contributed by atoms with Gasteiger partial charge in [-0.25, -0.2) is 4.79 Å². The number of carboxylic acid groups (broad SMARTS) is 1. The van der Waals surface area contributed by atoms with Crippen molar-refractivity contribution in [1.82, 2.24) is 4.98 Å². The first-order chi connectivity index (χ1) is 7.93. The maximum Gasteiger partial charge on any atom is 0.328 e. The molecule has 0 spiro atoms. The van der Waals surface area contributed by atoms with Crippen molar-refractivity contribution in [2.75, 3.05) is 16.8 Å². The van der Waals surface area contributed by atoms with E-state index < -0.39 is 11.5 Å². The maximum absolute atomic E-state index is 11.5. The van der Waals surface area contributed by atoms with Crippen molar-refractivity contribution < 1.29 is 14.7 Å². The Balaban J connectivity index is 2.50. The Morgan fingerprint density at radius 1 is 1.59 bits per heavy atom. The lowest BCUT2D eigenvalue weighted by molar-refractivity contribution is -0.142. The van der Waals surface area contributed by atoms with E-state index in [1.165, 1.54) is 6.20 Å². The highest BCUT2D eigenvalue weighted by molar-refractivity contribution is 6.03. The number of fused-ring (bicyclic) bond motifs is 1. The van der Waals surface area contributed by atoms with Crippen molar-refractivity contribution in [3.05, 3.63) is 18.5 Å². The van der Waals surface area contributed by atoms with Crippen molar-refractivity contribution in [1.29, 1.82) is 0 Å². The summed E-state index contributed by atoms with van der Waals surface area (Å²) in [5.74, 6) is -1.21. The molecular weight excluding hydrogens is 222 g/mol. The Morgan fingerprint density at radius 3 is 2.94 bits per heavy atom. The number of hydrogen-bond donors (Lipinski definition) is 2. The number of anilines is 2. The highest BCUT2D eigenvalue weighted by atomic mass is 16.4. The molecule has 0 saturated carbocycles. The van der Waals surface area contributed by atoms with Gasteiger partial charge in [0.05, 0.1) is 24.1 Å². The fraction of sp³-hybridized carbons (Fsp3) is 0.364.